The van der Waals surface area contributed by atoms with Gasteiger partial charge >= 0.3 is 0 Å². The fourth-order valence-corrected chi connectivity index (χ4v) is 3.78. The van der Waals surface area contributed by atoms with Crippen LogP contribution in [0.15, 0.2) is 0 Å². The van der Waals surface area contributed by atoms with Crippen LogP contribution in [0, 0.1) is 0 Å². The standard InChI is InChI=1S/C22H44O6/c1-3-5-7-8-9-10-11-13-15-17(14-12-6-4-2)27-22-21(26)20(25)19(24)18(16-23)28-22/h17-26H,3-16H2,1-2H3/t17?,18-,19-,20+,21+,22?/m1/s1. The maximum Gasteiger partial charge on any atom is 0.186 e. The molecule has 2 unspecified atom stereocenters. The zero-order chi connectivity index (χ0) is 20.8. The van der Waals surface area contributed by atoms with Gasteiger partial charge in [-0.1, -0.05) is 84.5 Å². The van der Waals surface area contributed by atoms with E-state index in [4.69, 9.17) is 9.47 Å². The van der Waals surface area contributed by atoms with Crippen molar-refractivity contribution >= 4 is 0 Å². The molecule has 168 valence electrons. The molecule has 0 aromatic rings. The lowest BCUT2D eigenvalue weighted by Gasteiger charge is -2.41. The zero-order valence-electron chi connectivity index (χ0n) is 18.0. The molecule has 6 nitrogen and oxygen atoms in total. The molecule has 1 aliphatic rings. The first-order valence-corrected chi connectivity index (χ1v) is 11.5. The Balaban J connectivity index is 2.43. The van der Waals surface area contributed by atoms with Crippen LogP contribution in [0.4, 0.5) is 0 Å². The van der Waals surface area contributed by atoms with Crippen molar-refractivity contribution in [3.05, 3.63) is 0 Å². The quantitative estimate of drug-likeness (QED) is 0.295. The highest BCUT2D eigenvalue weighted by atomic mass is 16.7. The molecule has 1 aliphatic heterocycles. The van der Waals surface area contributed by atoms with Crippen molar-refractivity contribution in [1.82, 2.24) is 0 Å². The van der Waals surface area contributed by atoms with Gasteiger partial charge in [0, 0.05) is 0 Å². The Kier molecular flexibility index (Phi) is 14.4. The second kappa shape index (κ2) is 15.6. The van der Waals surface area contributed by atoms with Gasteiger partial charge in [-0.2, -0.15) is 0 Å². The van der Waals surface area contributed by atoms with Gasteiger partial charge in [-0.15, -0.1) is 0 Å². The largest absolute Gasteiger partial charge is 0.394 e. The van der Waals surface area contributed by atoms with E-state index in [1.165, 1.54) is 44.9 Å². The minimum absolute atomic E-state index is 0.0481. The van der Waals surface area contributed by atoms with Crippen LogP contribution in [0.2, 0.25) is 0 Å². The third-order valence-electron chi connectivity index (χ3n) is 5.68. The van der Waals surface area contributed by atoms with Gasteiger partial charge in [0.25, 0.3) is 0 Å². The van der Waals surface area contributed by atoms with Crippen molar-refractivity contribution in [3.8, 4) is 0 Å². The van der Waals surface area contributed by atoms with E-state index in [0.29, 0.717) is 0 Å². The molecular formula is C22H44O6. The van der Waals surface area contributed by atoms with E-state index in [9.17, 15) is 20.4 Å². The summed E-state index contributed by atoms with van der Waals surface area (Å²) in [6.07, 6.45) is 9.10. The van der Waals surface area contributed by atoms with Gasteiger partial charge in [-0.05, 0) is 12.8 Å². The Morgan fingerprint density at radius 2 is 1.21 bits per heavy atom. The average molecular weight is 405 g/mol. The second-order valence-corrected chi connectivity index (χ2v) is 8.21. The molecule has 1 heterocycles. The second-order valence-electron chi connectivity index (χ2n) is 8.21. The van der Waals surface area contributed by atoms with Crippen molar-refractivity contribution in [1.29, 1.82) is 0 Å². The lowest BCUT2D eigenvalue weighted by Crippen LogP contribution is -2.59. The fraction of sp³-hybridized carbons (Fsp3) is 1.00. The first-order chi connectivity index (χ1) is 13.5. The van der Waals surface area contributed by atoms with Crippen molar-refractivity contribution in [2.24, 2.45) is 0 Å². The number of ether oxygens (including phenoxy) is 2. The van der Waals surface area contributed by atoms with Crippen molar-refractivity contribution in [2.75, 3.05) is 6.61 Å². The first kappa shape index (κ1) is 25.8. The molecule has 1 fully saturated rings. The smallest absolute Gasteiger partial charge is 0.186 e. The molecule has 0 bridgehead atoms. The van der Waals surface area contributed by atoms with E-state index in [0.717, 1.165) is 38.5 Å². The number of unbranched alkanes of at least 4 members (excludes halogenated alkanes) is 9. The van der Waals surface area contributed by atoms with E-state index in [1.807, 2.05) is 0 Å². The van der Waals surface area contributed by atoms with Crippen LogP contribution in [0.3, 0.4) is 0 Å². The van der Waals surface area contributed by atoms with E-state index in [-0.39, 0.29) is 6.10 Å². The molecule has 0 aliphatic carbocycles. The molecule has 4 N–H and O–H groups in total. The van der Waals surface area contributed by atoms with E-state index >= 15 is 0 Å². The van der Waals surface area contributed by atoms with Crippen LogP contribution in [-0.2, 0) is 9.47 Å². The number of hydrogen-bond acceptors (Lipinski definition) is 6. The summed E-state index contributed by atoms with van der Waals surface area (Å²) in [6, 6.07) is 0. The molecule has 1 rings (SSSR count). The number of aliphatic hydroxyl groups is 4. The summed E-state index contributed by atoms with van der Waals surface area (Å²) in [4.78, 5) is 0. The minimum Gasteiger partial charge on any atom is -0.394 e. The van der Waals surface area contributed by atoms with E-state index in [2.05, 4.69) is 13.8 Å². The van der Waals surface area contributed by atoms with Gasteiger partial charge in [0.2, 0.25) is 0 Å². The highest BCUT2D eigenvalue weighted by molar-refractivity contribution is 4.89. The van der Waals surface area contributed by atoms with Gasteiger partial charge in [0.05, 0.1) is 12.7 Å². The summed E-state index contributed by atoms with van der Waals surface area (Å²) >= 11 is 0. The van der Waals surface area contributed by atoms with Crippen LogP contribution in [0.5, 0.6) is 0 Å². The predicted octanol–water partition coefficient (Wildman–Crippen LogP) is 3.28. The average Bonchev–Trinajstić information content (AvgIpc) is 2.70. The van der Waals surface area contributed by atoms with E-state index < -0.39 is 37.3 Å². The molecule has 0 spiro atoms. The van der Waals surface area contributed by atoms with Crippen LogP contribution in [-0.4, -0.2) is 63.8 Å². The van der Waals surface area contributed by atoms with Crippen LogP contribution < -0.4 is 0 Å². The van der Waals surface area contributed by atoms with Crippen LogP contribution in [0.25, 0.3) is 0 Å². The zero-order valence-corrected chi connectivity index (χ0v) is 18.0. The molecule has 6 heteroatoms. The van der Waals surface area contributed by atoms with Crippen molar-refractivity contribution in [2.45, 2.75) is 134 Å². The van der Waals surface area contributed by atoms with Crippen LogP contribution >= 0.6 is 0 Å². The summed E-state index contributed by atoms with van der Waals surface area (Å²) < 4.78 is 11.5. The summed E-state index contributed by atoms with van der Waals surface area (Å²) in [6.45, 7) is 3.96. The van der Waals surface area contributed by atoms with Crippen molar-refractivity contribution in [3.63, 3.8) is 0 Å². The highest BCUT2D eigenvalue weighted by Crippen LogP contribution is 2.25. The third-order valence-corrected chi connectivity index (χ3v) is 5.68. The first-order valence-electron chi connectivity index (χ1n) is 11.5. The van der Waals surface area contributed by atoms with Gasteiger partial charge in [-0.3, -0.25) is 0 Å². The van der Waals surface area contributed by atoms with Gasteiger partial charge in [-0.25, -0.2) is 0 Å². The topological polar surface area (TPSA) is 99.4 Å². The number of aliphatic hydroxyl groups excluding tert-OH is 4. The molecule has 0 amide bonds. The Hall–Kier alpha value is -0.240. The maximum atomic E-state index is 10.2. The Morgan fingerprint density at radius 3 is 1.79 bits per heavy atom. The molecule has 0 aromatic heterocycles. The normalized spacial score (nSPS) is 29.1. The molecule has 0 saturated carbocycles. The third kappa shape index (κ3) is 9.51. The Morgan fingerprint density at radius 1 is 0.714 bits per heavy atom. The van der Waals surface area contributed by atoms with Crippen molar-refractivity contribution < 1.29 is 29.9 Å². The van der Waals surface area contributed by atoms with Gasteiger partial charge in [0.1, 0.15) is 24.4 Å². The molecule has 6 atom stereocenters. The summed E-state index contributed by atoms with van der Waals surface area (Å²) in [5.41, 5.74) is 0. The van der Waals surface area contributed by atoms with Crippen LogP contribution in [0.1, 0.15) is 97.3 Å². The Labute approximate surface area is 171 Å². The molecule has 28 heavy (non-hydrogen) atoms. The predicted molar refractivity (Wildman–Crippen MR) is 110 cm³/mol. The van der Waals surface area contributed by atoms with E-state index in [1.54, 1.807) is 0 Å². The maximum absolute atomic E-state index is 10.2. The minimum atomic E-state index is -1.38. The van der Waals surface area contributed by atoms with Gasteiger partial charge in [0.15, 0.2) is 6.29 Å². The fourth-order valence-electron chi connectivity index (χ4n) is 3.78. The number of rotatable bonds is 16. The monoisotopic (exact) mass is 404 g/mol. The molecular weight excluding hydrogens is 360 g/mol. The summed E-state index contributed by atoms with van der Waals surface area (Å²) in [5, 5.41) is 39.4. The Bertz CT molecular complexity index is 365. The summed E-state index contributed by atoms with van der Waals surface area (Å²) in [5.74, 6) is 0. The molecule has 0 radical (unpaired) electrons. The lowest BCUT2D eigenvalue weighted by atomic mass is 9.98. The summed E-state index contributed by atoms with van der Waals surface area (Å²) in [7, 11) is 0. The van der Waals surface area contributed by atoms with Gasteiger partial charge < -0.3 is 29.9 Å². The molecule has 0 aromatic carbocycles. The lowest BCUT2D eigenvalue weighted by molar-refractivity contribution is -0.312. The SMILES string of the molecule is CCCCCCCCCCC(CCCCC)OC1O[C@H](CO)[C@@H](O)[C@H](O)[C@@H]1O. The number of hydrogen-bond donors (Lipinski definition) is 4. The highest BCUT2D eigenvalue weighted by Gasteiger charge is 2.44. The molecule has 1 saturated heterocycles.